The second-order valence-electron chi connectivity index (χ2n) is 4.12. The number of amides is 2. The Morgan fingerprint density at radius 3 is 2.76 bits per heavy atom. The van der Waals surface area contributed by atoms with Crippen LogP contribution in [0.3, 0.4) is 0 Å². The lowest BCUT2D eigenvalue weighted by Crippen LogP contribution is -2.28. The van der Waals surface area contributed by atoms with Crippen LogP contribution < -0.4 is 15.4 Å². The second-order valence-corrected chi connectivity index (χ2v) is 4.91. The number of urea groups is 1. The monoisotopic (exact) mass is 325 g/mol. The Kier molecular flexibility index (Phi) is 5.25. The molecule has 0 radical (unpaired) electrons. The van der Waals surface area contributed by atoms with Gasteiger partial charge in [-0.3, -0.25) is 0 Å². The van der Waals surface area contributed by atoms with Gasteiger partial charge in [0.05, 0.1) is 17.8 Å². The van der Waals surface area contributed by atoms with Crippen molar-refractivity contribution < 1.29 is 9.53 Å². The molecule has 0 unspecified atom stereocenters. The molecule has 21 heavy (non-hydrogen) atoms. The number of pyridine rings is 1. The van der Waals surface area contributed by atoms with E-state index in [0.29, 0.717) is 28.2 Å². The molecular formula is C14H13Cl2N3O2. The quantitative estimate of drug-likeness (QED) is 0.842. The lowest BCUT2D eigenvalue weighted by Gasteiger charge is -2.12. The lowest BCUT2D eigenvalue weighted by molar-refractivity contribution is 0.251. The lowest BCUT2D eigenvalue weighted by atomic mass is 10.3. The van der Waals surface area contributed by atoms with Crippen molar-refractivity contribution in [3.8, 4) is 5.75 Å². The summed E-state index contributed by atoms with van der Waals surface area (Å²) < 4.78 is 5.15. The molecule has 2 amide bonds. The average Bonchev–Trinajstić information content (AvgIpc) is 2.47. The van der Waals surface area contributed by atoms with E-state index < -0.39 is 0 Å². The molecule has 0 bridgehead atoms. The molecule has 5 nitrogen and oxygen atoms in total. The minimum Gasteiger partial charge on any atom is -0.493 e. The standard InChI is InChI=1S/C14H13Cl2N3O2/c1-21-13-10(15)3-2-4-11(13)19-14(20)18-8-9-5-6-12(16)17-7-9/h2-7H,8H2,1H3,(H2,18,19,20). The van der Waals surface area contributed by atoms with Gasteiger partial charge in [-0.15, -0.1) is 0 Å². The number of ether oxygens (including phenoxy) is 1. The topological polar surface area (TPSA) is 63.2 Å². The minimum absolute atomic E-state index is 0.332. The molecule has 0 aliphatic heterocycles. The van der Waals surface area contributed by atoms with Gasteiger partial charge in [0, 0.05) is 12.7 Å². The van der Waals surface area contributed by atoms with Crippen molar-refractivity contribution in [2.75, 3.05) is 12.4 Å². The molecule has 1 aromatic heterocycles. The summed E-state index contributed by atoms with van der Waals surface area (Å²) >= 11 is 11.7. The van der Waals surface area contributed by atoms with Crippen molar-refractivity contribution >= 4 is 34.9 Å². The number of para-hydroxylation sites is 1. The summed E-state index contributed by atoms with van der Waals surface area (Å²) in [5.41, 5.74) is 1.34. The first-order valence-corrected chi connectivity index (χ1v) is 6.83. The number of nitrogens with one attached hydrogen (secondary N) is 2. The molecule has 0 atom stereocenters. The Labute approximate surface area is 132 Å². The van der Waals surface area contributed by atoms with E-state index in [1.54, 1.807) is 36.5 Å². The number of hydrogen-bond acceptors (Lipinski definition) is 3. The van der Waals surface area contributed by atoms with Gasteiger partial charge in [0.15, 0.2) is 5.75 Å². The predicted octanol–water partition coefficient (Wildman–Crippen LogP) is 3.72. The van der Waals surface area contributed by atoms with Crippen LogP contribution in [0.15, 0.2) is 36.5 Å². The summed E-state index contributed by atoms with van der Waals surface area (Å²) in [5.74, 6) is 0.419. The average molecular weight is 326 g/mol. The van der Waals surface area contributed by atoms with E-state index in [1.165, 1.54) is 7.11 Å². The highest BCUT2D eigenvalue weighted by atomic mass is 35.5. The molecule has 0 fully saturated rings. The molecule has 0 saturated carbocycles. The molecule has 1 aromatic carbocycles. The van der Waals surface area contributed by atoms with E-state index in [2.05, 4.69) is 15.6 Å². The fraction of sp³-hybridized carbons (Fsp3) is 0.143. The third-order valence-corrected chi connectivity index (χ3v) is 3.18. The van der Waals surface area contributed by atoms with Crippen LogP contribution in [0.4, 0.5) is 10.5 Å². The van der Waals surface area contributed by atoms with E-state index in [-0.39, 0.29) is 6.03 Å². The number of aromatic nitrogens is 1. The van der Waals surface area contributed by atoms with Gasteiger partial charge in [0.2, 0.25) is 0 Å². The smallest absolute Gasteiger partial charge is 0.319 e. The van der Waals surface area contributed by atoms with E-state index >= 15 is 0 Å². The number of hydrogen-bond donors (Lipinski definition) is 2. The van der Waals surface area contributed by atoms with Gasteiger partial charge < -0.3 is 15.4 Å². The fourth-order valence-electron chi connectivity index (χ4n) is 1.67. The van der Waals surface area contributed by atoms with E-state index in [9.17, 15) is 4.79 Å². The second kappa shape index (κ2) is 7.15. The van der Waals surface area contributed by atoms with Crippen LogP contribution in [0.2, 0.25) is 10.2 Å². The number of carbonyl (C=O) groups is 1. The van der Waals surface area contributed by atoms with Crippen molar-refractivity contribution in [2.24, 2.45) is 0 Å². The van der Waals surface area contributed by atoms with Crippen LogP contribution in [0.25, 0.3) is 0 Å². The predicted molar refractivity (Wildman–Crippen MR) is 83.1 cm³/mol. The van der Waals surface area contributed by atoms with Crippen molar-refractivity contribution in [1.29, 1.82) is 0 Å². The van der Waals surface area contributed by atoms with Gasteiger partial charge in [-0.2, -0.15) is 0 Å². The van der Waals surface area contributed by atoms with Crippen LogP contribution in [-0.4, -0.2) is 18.1 Å². The van der Waals surface area contributed by atoms with Crippen LogP contribution >= 0.6 is 23.2 Å². The molecule has 7 heteroatoms. The van der Waals surface area contributed by atoms with Gasteiger partial charge in [0.1, 0.15) is 5.15 Å². The van der Waals surface area contributed by atoms with Crippen molar-refractivity contribution in [3.63, 3.8) is 0 Å². The third kappa shape index (κ3) is 4.24. The zero-order valence-corrected chi connectivity index (χ0v) is 12.7. The molecule has 1 heterocycles. The van der Waals surface area contributed by atoms with Crippen molar-refractivity contribution in [1.82, 2.24) is 10.3 Å². The van der Waals surface area contributed by atoms with E-state index in [4.69, 9.17) is 27.9 Å². The molecule has 0 spiro atoms. The molecular weight excluding hydrogens is 313 g/mol. The first-order valence-electron chi connectivity index (χ1n) is 6.08. The molecule has 0 saturated heterocycles. The first-order chi connectivity index (χ1) is 10.1. The maximum Gasteiger partial charge on any atom is 0.319 e. The Hall–Kier alpha value is -1.98. The molecule has 2 rings (SSSR count). The summed E-state index contributed by atoms with van der Waals surface area (Å²) in [6.45, 7) is 0.332. The summed E-state index contributed by atoms with van der Waals surface area (Å²) in [7, 11) is 1.49. The van der Waals surface area contributed by atoms with Gasteiger partial charge in [-0.1, -0.05) is 35.3 Å². The largest absolute Gasteiger partial charge is 0.493 e. The number of benzene rings is 1. The number of nitrogens with zero attached hydrogens (tertiary/aromatic N) is 1. The SMILES string of the molecule is COc1c(Cl)cccc1NC(=O)NCc1ccc(Cl)nc1. The number of rotatable bonds is 4. The Morgan fingerprint density at radius 2 is 2.10 bits per heavy atom. The Morgan fingerprint density at radius 1 is 1.29 bits per heavy atom. The maximum absolute atomic E-state index is 11.9. The number of halogens is 2. The van der Waals surface area contributed by atoms with E-state index in [0.717, 1.165) is 5.56 Å². The van der Waals surface area contributed by atoms with Crippen molar-refractivity contribution in [3.05, 3.63) is 52.3 Å². The number of methoxy groups -OCH3 is 1. The van der Waals surface area contributed by atoms with Gasteiger partial charge in [-0.05, 0) is 23.8 Å². The summed E-state index contributed by atoms with van der Waals surface area (Å²) in [5, 5.41) is 6.22. The number of anilines is 1. The van der Waals surface area contributed by atoms with Crippen LogP contribution in [-0.2, 0) is 6.54 Å². The highest BCUT2D eigenvalue weighted by Crippen LogP contribution is 2.32. The zero-order valence-electron chi connectivity index (χ0n) is 11.2. The highest BCUT2D eigenvalue weighted by Gasteiger charge is 2.10. The molecule has 2 aromatic rings. The highest BCUT2D eigenvalue weighted by molar-refractivity contribution is 6.32. The van der Waals surface area contributed by atoms with E-state index in [1.807, 2.05) is 0 Å². The van der Waals surface area contributed by atoms with Crippen LogP contribution in [0, 0.1) is 0 Å². The zero-order chi connectivity index (χ0) is 15.2. The Balaban J connectivity index is 1.96. The van der Waals surface area contributed by atoms with Crippen molar-refractivity contribution in [2.45, 2.75) is 6.54 Å². The molecule has 110 valence electrons. The van der Waals surface area contributed by atoms with Crippen LogP contribution in [0.5, 0.6) is 5.75 Å². The summed E-state index contributed by atoms with van der Waals surface area (Å²) in [6.07, 6.45) is 1.60. The molecule has 0 aliphatic rings. The third-order valence-electron chi connectivity index (χ3n) is 2.66. The minimum atomic E-state index is -0.370. The van der Waals surface area contributed by atoms with Gasteiger partial charge in [0.25, 0.3) is 0 Å². The first kappa shape index (κ1) is 15.4. The summed E-state index contributed by atoms with van der Waals surface area (Å²) in [6, 6.07) is 8.19. The van der Waals surface area contributed by atoms with Gasteiger partial charge >= 0.3 is 6.03 Å². The van der Waals surface area contributed by atoms with Gasteiger partial charge in [-0.25, -0.2) is 9.78 Å². The fourth-order valence-corrected chi connectivity index (χ4v) is 2.04. The Bertz CT molecular complexity index is 633. The molecule has 0 aliphatic carbocycles. The maximum atomic E-state index is 11.9. The normalized spacial score (nSPS) is 10.0. The van der Waals surface area contributed by atoms with Crippen LogP contribution in [0.1, 0.15) is 5.56 Å². The summed E-state index contributed by atoms with van der Waals surface area (Å²) in [4.78, 5) is 15.8. The number of carbonyl (C=O) groups excluding carboxylic acids is 1. The molecule has 2 N–H and O–H groups in total.